The molecule has 3 aromatic carbocycles. The maximum atomic E-state index is 12.8. The highest BCUT2D eigenvalue weighted by Gasteiger charge is 2.33. The van der Waals surface area contributed by atoms with E-state index >= 15 is 0 Å². The van der Waals surface area contributed by atoms with Gasteiger partial charge in [-0.25, -0.2) is 0 Å². The van der Waals surface area contributed by atoms with Crippen molar-refractivity contribution in [2.45, 2.75) is 33.1 Å². The molecule has 1 amide bonds. The zero-order valence-electron chi connectivity index (χ0n) is 21.2. The number of ether oxygens (including phenoxy) is 1. The summed E-state index contributed by atoms with van der Waals surface area (Å²) in [5.41, 5.74) is 3.57. The van der Waals surface area contributed by atoms with Crippen LogP contribution in [0.25, 0.3) is 6.08 Å². The van der Waals surface area contributed by atoms with E-state index in [4.69, 9.17) is 4.74 Å². The van der Waals surface area contributed by atoms with Crippen LogP contribution in [-0.2, 0) is 4.79 Å². The van der Waals surface area contributed by atoms with Gasteiger partial charge in [-0.1, -0.05) is 56.2 Å². The Morgan fingerprint density at radius 2 is 1.73 bits per heavy atom. The third-order valence-corrected chi connectivity index (χ3v) is 6.03. The van der Waals surface area contributed by atoms with Crippen molar-refractivity contribution in [2.75, 3.05) is 11.6 Å². The summed E-state index contributed by atoms with van der Waals surface area (Å²) in [7, 11) is 0. The smallest absolute Gasteiger partial charge is 0.261 e. The Morgan fingerprint density at radius 3 is 2.43 bits per heavy atom. The van der Waals surface area contributed by atoms with Gasteiger partial charge in [-0.2, -0.15) is 10.1 Å². The predicted molar refractivity (Wildman–Crippen MR) is 150 cm³/mol. The summed E-state index contributed by atoms with van der Waals surface area (Å²) in [4.78, 5) is 29.9. The number of hydrazone groups is 1. The molecule has 3 aromatic rings. The SMILES string of the molecule is CCCCCOc1ccc(/C=C/C(=O)c2ccc(N=CC3C(=O)N(c4ccccc4)N=C3C)cc2)cc1. The number of rotatable bonds is 11. The van der Waals surface area contributed by atoms with Gasteiger partial charge in [-0.15, -0.1) is 0 Å². The van der Waals surface area contributed by atoms with Crippen LogP contribution < -0.4 is 9.75 Å². The number of hydrogen-bond acceptors (Lipinski definition) is 5. The van der Waals surface area contributed by atoms with E-state index in [-0.39, 0.29) is 11.7 Å². The van der Waals surface area contributed by atoms with Gasteiger partial charge in [0, 0.05) is 11.8 Å². The fraction of sp³-hybridized carbons (Fsp3) is 0.226. The van der Waals surface area contributed by atoms with E-state index in [1.54, 1.807) is 42.6 Å². The van der Waals surface area contributed by atoms with Crippen molar-refractivity contribution in [3.63, 3.8) is 0 Å². The van der Waals surface area contributed by atoms with Crippen molar-refractivity contribution in [1.82, 2.24) is 0 Å². The second-order valence-electron chi connectivity index (χ2n) is 8.85. The van der Waals surface area contributed by atoms with E-state index in [2.05, 4.69) is 17.0 Å². The third kappa shape index (κ3) is 6.88. The lowest BCUT2D eigenvalue weighted by molar-refractivity contribution is -0.118. The summed E-state index contributed by atoms with van der Waals surface area (Å²) in [6, 6.07) is 24.0. The molecule has 0 bridgehead atoms. The van der Waals surface area contributed by atoms with Crippen molar-refractivity contribution >= 4 is 41.1 Å². The van der Waals surface area contributed by atoms with E-state index in [0.29, 0.717) is 17.0 Å². The van der Waals surface area contributed by atoms with Gasteiger partial charge in [0.25, 0.3) is 5.91 Å². The molecule has 0 spiro atoms. The molecule has 1 atom stereocenters. The van der Waals surface area contributed by atoms with Gasteiger partial charge in [0.15, 0.2) is 5.78 Å². The van der Waals surface area contributed by atoms with Crippen molar-refractivity contribution in [1.29, 1.82) is 0 Å². The van der Waals surface area contributed by atoms with E-state index < -0.39 is 5.92 Å². The molecule has 0 fully saturated rings. The minimum atomic E-state index is -0.516. The van der Waals surface area contributed by atoms with Crippen molar-refractivity contribution < 1.29 is 14.3 Å². The van der Waals surface area contributed by atoms with Crippen LogP contribution in [0.2, 0.25) is 0 Å². The molecule has 6 heteroatoms. The number of anilines is 1. The molecule has 6 nitrogen and oxygen atoms in total. The average Bonchev–Trinajstić information content (AvgIpc) is 3.22. The molecule has 37 heavy (non-hydrogen) atoms. The van der Waals surface area contributed by atoms with Crippen LogP contribution >= 0.6 is 0 Å². The molecular formula is C31H31N3O3. The fourth-order valence-electron chi connectivity index (χ4n) is 3.86. The Hall–Kier alpha value is -4.32. The molecule has 0 radical (unpaired) electrons. The number of aliphatic imine (C=N–C) groups is 1. The van der Waals surface area contributed by atoms with Crippen molar-refractivity contribution in [3.8, 4) is 5.75 Å². The fourth-order valence-corrected chi connectivity index (χ4v) is 3.86. The van der Waals surface area contributed by atoms with Gasteiger partial charge in [0.05, 0.1) is 23.7 Å². The molecule has 1 aliphatic rings. The van der Waals surface area contributed by atoms with Crippen molar-refractivity contribution in [2.24, 2.45) is 16.0 Å². The molecular weight excluding hydrogens is 462 g/mol. The number of nitrogens with zero attached hydrogens (tertiary/aromatic N) is 3. The molecule has 0 saturated heterocycles. The monoisotopic (exact) mass is 493 g/mol. The van der Waals surface area contributed by atoms with Crippen LogP contribution in [0, 0.1) is 5.92 Å². The lowest BCUT2D eigenvalue weighted by atomic mass is 10.1. The highest BCUT2D eigenvalue weighted by molar-refractivity contribution is 6.23. The quantitative estimate of drug-likeness (QED) is 0.126. The molecule has 1 unspecified atom stereocenters. The topological polar surface area (TPSA) is 71.3 Å². The lowest BCUT2D eigenvalue weighted by Gasteiger charge is -2.12. The molecule has 4 rings (SSSR count). The minimum absolute atomic E-state index is 0.0946. The second kappa shape index (κ2) is 12.6. The summed E-state index contributed by atoms with van der Waals surface area (Å²) in [5, 5.41) is 5.80. The predicted octanol–water partition coefficient (Wildman–Crippen LogP) is 6.89. The number of amides is 1. The number of para-hydroxylation sites is 1. The first-order valence-electron chi connectivity index (χ1n) is 12.6. The Kier molecular flexibility index (Phi) is 8.76. The number of hydrogen-bond donors (Lipinski definition) is 0. The summed E-state index contributed by atoms with van der Waals surface area (Å²) >= 11 is 0. The van der Waals surface area contributed by atoms with Gasteiger partial charge in [-0.3, -0.25) is 14.6 Å². The van der Waals surface area contributed by atoms with Crippen molar-refractivity contribution in [3.05, 3.63) is 96.1 Å². The second-order valence-corrected chi connectivity index (χ2v) is 8.85. The standard InChI is InChI=1S/C31H31N3O3/c1-3-4-8-21-37-28-18-11-24(12-19-28)13-20-30(35)25-14-16-26(17-15-25)32-22-29-23(2)33-34(31(29)36)27-9-6-5-7-10-27/h5-7,9-20,22,29H,3-4,8,21H2,1-2H3/b20-13+,32-22?. The maximum absolute atomic E-state index is 12.8. The molecule has 0 N–H and O–H groups in total. The van der Waals surface area contributed by atoms with Crippen LogP contribution in [0.4, 0.5) is 11.4 Å². The molecule has 1 aliphatic heterocycles. The minimum Gasteiger partial charge on any atom is -0.494 e. The number of ketones is 1. The van der Waals surface area contributed by atoms with E-state index in [1.807, 2.05) is 61.5 Å². The highest BCUT2D eigenvalue weighted by Crippen LogP contribution is 2.24. The molecule has 0 saturated carbocycles. The Bertz CT molecular complexity index is 1290. The summed E-state index contributed by atoms with van der Waals surface area (Å²) in [6.07, 6.45) is 8.35. The number of allylic oxidation sites excluding steroid dienone is 1. The first-order chi connectivity index (χ1) is 18.0. The zero-order chi connectivity index (χ0) is 26.0. The van der Waals surface area contributed by atoms with Crippen LogP contribution in [0.5, 0.6) is 5.75 Å². The molecule has 0 aliphatic carbocycles. The van der Waals surface area contributed by atoms with E-state index in [1.165, 1.54) is 17.9 Å². The van der Waals surface area contributed by atoms with Crippen LogP contribution in [0.1, 0.15) is 49.0 Å². The Morgan fingerprint density at radius 1 is 1.00 bits per heavy atom. The number of carbonyl (C=O) groups excluding carboxylic acids is 2. The zero-order valence-corrected chi connectivity index (χ0v) is 21.2. The molecule has 1 heterocycles. The highest BCUT2D eigenvalue weighted by atomic mass is 16.5. The van der Waals surface area contributed by atoms with Gasteiger partial charge in [0.2, 0.25) is 0 Å². The summed E-state index contributed by atoms with van der Waals surface area (Å²) in [6.45, 7) is 4.71. The van der Waals surface area contributed by atoms with E-state index in [9.17, 15) is 9.59 Å². The van der Waals surface area contributed by atoms with Crippen LogP contribution in [0.15, 0.2) is 95.0 Å². The van der Waals surface area contributed by atoms with Gasteiger partial charge in [-0.05, 0) is 73.5 Å². The van der Waals surface area contributed by atoms with Gasteiger partial charge < -0.3 is 4.74 Å². The lowest BCUT2D eigenvalue weighted by Crippen LogP contribution is -2.27. The summed E-state index contributed by atoms with van der Waals surface area (Å²) in [5.74, 6) is 0.0881. The molecule has 188 valence electrons. The number of benzene rings is 3. The maximum Gasteiger partial charge on any atom is 0.261 e. The Labute approximate surface area is 218 Å². The number of carbonyl (C=O) groups is 2. The van der Waals surface area contributed by atoms with Gasteiger partial charge >= 0.3 is 0 Å². The van der Waals surface area contributed by atoms with Crippen LogP contribution in [-0.4, -0.2) is 30.2 Å². The summed E-state index contributed by atoms with van der Waals surface area (Å²) < 4.78 is 5.73. The average molecular weight is 494 g/mol. The van der Waals surface area contributed by atoms with E-state index in [0.717, 1.165) is 30.0 Å². The number of unbranched alkanes of at least 4 members (excludes halogenated alkanes) is 2. The largest absolute Gasteiger partial charge is 0.494 e. The third-order valence-electron chi connectivity index (χ3n) is 6.03. The first-order valence-corrected chi connectivity index (χ1v) is 12.6. The molecule has 0 aromatic heterocycles. The first kappa shape index (κ1) is 25.8. The van der Waals surface area contributed by atoms with Crippen LogP contribution in [0.3, 0.4) is 0 Å². The Balaban J connectivity index is 1.32. The normalized spacial score (nSPS) is 15.5. The van der Waals surface area contributed by atoms with Gasteiger partial charge in [0.1, 0.15) is 11.7 Å².